The van der Waals surface area contributed by atoms with Gasteiger partial charge in [-0.25, -0.2) is 4.79 Å². The number of hydrogen-bond acceptors (Lipinski definition) is 4. The highest BCUT2D eigenvalue weighted by Gasteiger charge is 2.08. The minimum absolute atomic E-state index is 0.0857. The largest absolute Gasteiger partial charge is 0.478 e. The van der Waals surface area contributed by atoms with Gasteiger partial charge in [-0.15, -0.1) is 0 Å². The van der Waals surface area contributed by atoms with Gasteiger partial charge in [0.25, 0.3) is 0 Å². The van der Waals surface area contributed by atoms with E-state index in [0.29, 0.717) is 23.3 Å². The Labute approximate surface area is 112 Å². The first kappa shape index (κ1) is 14.6. The molecule has 0 unspecified atom stereocenters. The Hall–Kier alpha value is -1.44. The molecule has 1 rings (SSSR count). The van der Waals surface area contributed by atoms with Gasteiger partial charge in [0.1, 0.15) is 6.61 Å². The first-order chi connectivity index (χ1) is 8.52. The number of hydrogen-bond donors (Lipinski definition) is 3. The van der Waals surface area contributed by atoms with Gasteiger partial charge in [-0.05, 0) is 18.2 Å². The van der Waals surface area contributed by atoms with Crippen molar-refractivity contribution < 1.29 is 19.4 Å². The zero-order valence-corrected chi connectivity index (χ0v) is 11.1. The molecule has 0 aliphatic heterocycles. The van der Waals surface area contributed by atoms with Gasteiger partial charge in [0.15, 0.2) is 0 Å². The zero-order chi connectivity index (χ0) is 13.5. The van der Waals surface area contributed by atoms with E-state index in [4.69, 9.17) is 15.6 Å². The molecular formula is C11H13BrN2O4. The molecule has 0 atom stereocenters. The molecule has 6 nitrogen and oxygen atoms in total. The molecule has 0 spiro atoms. The van der Waals surface area contributed by atoms with Crippen molar-refractivity contribution in [3.8, 4) is 0 Å². The lowest BCUT2D eigenvalue weighted by molar-refractivity contribution is -0.120. The predicted molar refractivity (Wildman–Crippen MR) is 69.6 cm³/mol. The first-order valence-electron chi connectivity index (χ1n) is 5.14. The van der Waals surface area contributed by atoms with E-state index >= 15 is 0 Å². The summed E-state index contributed by atoms with van der Waals surface area (Å²) < 4.78 is 5.53. The zero-order valence-electron chi connectivity index (χ0n) is 9.48. The van der Waals surface area contributed by atoms with Crippen LogP contribution in [0.15, 0.2) is 22.7 Å². The SMILES string of the molecule is NCCOCC(=O)Nc1cc(Br)cc(C(=O)O)c1. The number of carboxylic acids is 1. The van der Waals surface area contributed by atoms with Crippen LogP contribution in [-0.2, 0) is 9.53 Å². The van der Waals surface area contributed by atoms with Crippen LogP contribution < -0.4 is 11.1 Å². The smallest absolute Gasteiger partial charge is 0.335 e. The lowest BCUT2D eigenvalue weighted by Gasteiger charge is -2.07. The number of aromatic carboxylic acids is 1. The van der Waals surface area contributed by atoms with E-state index in [2.05, 4.69) is 21.2 Å². The highest BCUT2D eigenvalue weighted by Crippen LogP contribution is 2.19. The molecule has 0 radical (unpaired) electrons. The predicted octanol–water partition coefficient (Wildman–Crippen LogP) is 1.06. The Balaban J connectivity index is 2.66. The molecule has 18 heavy (non-hydrogen) atoms. The minimum atomic E-state index is -1.06. The number of nitrogens with two attached hydrogens (primary N) is 1. The maximum Gasteiger partial charge on any atom is 0.335 e. The fraction of sp³-hybridized carbons (Fsp3) is 0.273. The lowest BCUT2D eigenvalue weighted by atomic mass is 10.2. The Kier molecular flexibility index (Phi) is 5.76. The summed E-state index contributed by atoms with van der Waals surface area (Å²) in [7, 11) is 0. The number of amides is 1. The molecule has 0 saturated heterocycles. The Morgan fingerprint density at radius 3 is 2.72 bits per heavy atom. The summed E-state index contributed by atoms with van der Waals surface area (Å²) in [6, 6.07) is 4.42. The highest BCUT2D eigenvalue weighted by molar-refractivity contribution is 9.10. The van der Waals surface area contributed by atoms with Crippen LogP contribution in [-0.4, -0.2) is 36.7 Å². The van der Waals surface area contributed by atoms with Crippen LogP contribution in [0.25, 0.3) is 0 Å². The van der Waals surface area contributed by atoms with Crippen molar-refractivity contribution in [2.45, 2.75) is 0 Å². The van der Waals surface area contributed by atoms with E-state index in [1.807, 2.05) is 0 Å². The standard InChI is InChI=1S/C11H13BrN2O4/c12-8-3-7(11(16)17)4-9(5-8)14-10(15)6-18-2-1-13/h3-5H,1-2,6,13H2,(H,14,15)(H,16,17). The van der Waals surface area contributed by atoms with Crippen LogP contribution in [0.1, 0.15) is 10.4 Å². The number of halogens is 1. The third-order valence-corrected chi connectivity index (χ3v) is 2.38. The third kappa shape index (κ3) is 4.82. The number of carboxylic acid groups (broad SMARTS) is 1. The number of nitrogens with one attached hydrogen (secondary N) is 1. The number of carbonyl (C=O) groups excluding carboxylic acids is 1. The monoisotopic (exact) mass is 316 g/mol. The average Bonchev–Trinajstić information content (AvgIpc) is 2.28. The van der Waals surface area contributed by atoms with Gasteiger partial charge in [-0.2, -0.15) is 0 Å². The van der Waals surface area contributed by atoms with Crippen LogP contribution >= 0.6 is 15.9 Å². The van der Waals surface area contributed by atoms with Gasteiger partial charge < -0.3 is 20.9 Å². The summed E-state index contributed by atoms with van der Waals surface area (Å²) >= 11 is 3.17. The number of benzene rings is 1. The van der Waals surface area contributed by atoms with Gasteiger partial charge in [-0.1, -0.05) is 15.9 Å². The van der Waals surface area contributed by atoms with Crippen molar-refractivity contribution in [3.05, 3.63) is 28.2 Å². The second kappa shape index (κ2) is 7.10. The van der Waals surface area contributed by atoms with E-state index in [0.717, 1.165) is 0 Å². The lowest BCUT2D eigenvalue weighted by Crippen LogP contribution is -2.20. The van der Waals surface area contributed by atoms with Crippen LogP contribution in [0, 0.1) is 0 Å². The fourth-order valence-electron chi connectivity index (χ4n) is 1.23. The Morgan fingerprint density at radius 1 is 1.39 bits per heavy atom. The summed E-state index contributed by atoms with van der Waals surface area (Å²) in [5.41, 5.74) is 5.69. The van der Waals surface area contributed by atoms with Crippen LogP contribution in [0.3, 0.4) is 0 Å². The normalized spacial score (nSPS) is 10.1. The molecule has 4 N–H and O–H groups in total. The molecule has 0 aromatic heterocycles. The van der Waals surface area contributed by atoms with Crippen LogP contribution in [0.2, 0.25) is 0 Å². The minimum Gasteiger partial charge on any atom is -0.478 e. The topological polar surface area (TPSA) is 102 Å². The summed E-state index contributed by atoms with van der Waals surface area (Å²) in [4.78, 5) is 22.3. The fourth-order valence-corrected chi connectivity index (χ4v) is 1.72. The molecule has 0 heterocycles. The van der Waals surface area contributed by atoms with Crippen molar-refractivity contribution in [2.75, 3.05) is 25.1 Å². The van der Waals surface area contributed by atoms with E-state index in [1.54, 1.807) is 6.07 Å². The number of carbonyl (C=O) groups is 2. The molecule has 0 aliphatic carbocycles. The molecule has 0 fully saturated rings. The first-order valence-corrected chi connectivity index (χ1v) is 5.94. The molecule has 1 amide bonds. The van der Waals surface area contributed by atoms with E-state index in [-0.39, 0.29) is 18.1 Å². The molecule has 98 valence electrons. The molecule has 1 aromatic carbocycles. The van der Waals surface area contributed by atoms with Crippen molar-refractivity contribution in [1.29, 1.82) is 0 Å². The third-order valence-electron chi connectivity index (χ3n) is 1.92. The average molecular weight is 317 g/mol. The molecule has 7 heteroatoms. The van der Waals surface area contributed by atoms with Crippen molar-refractivity contribution in [3.63, 3.8) is 0 Å². The quantitative estimate of drug-likeness (QED) is 0.681. The van der Waals surface area contributed by atoms with Gasteiger partial charge in [0.2, 0.25) is 5.91 Å². The summed E-state index contributed by atoms with van der Waals surface area (Å²) in [6.07, 6.45) is 0. The maximum absolute atomic E-state index is 11.4. The highest BCUT2D eigenvalue weighted by atomic mass is 79.9. The number of anilines is 1. The van der Waals surface area contributed by atoms with Crippen molar-refractivity contribution in [2.24, 2.45) is 5.73 Å². The van der Waals surface area contributed by atoms with E-state index in [1.165, 1.54) is 12.1 Å². The Morgan fingerprint density at radius 2 is 2.11 bits per heavy atom. The molecule has 1 aromatic rings. The summed E-state index contributed by atoms with van der Waals surface area (Å²) in [5, 5.41) is 11.4. The summed E-state index contributed by atoms with van der Waals surface area (Å²) in [5.74, 6) is -1.43. The van der Waals surface area contributed by atoms with Gasteiger partial charge >= 0.3 is 5.97 Å². The second-order valence-electron chi connectivity index (χ2n) is 3.42. The van der Waals surface area contributed by atoms with E-state index in [9.17, 15) is 9.59 Å². The number of rotatable bonds is 6. The Bertz CT molecular complexity index is 451. The van der Waals surface area contributed by atoms with Crippen LogP contribution in [0.4, 0.5) is 5.69 Å². The maximum atomic E-state index is 11.4. The van der Waals surface area contributed by atoms with Gasteiger partial charge in [-0.3, -0.25) is 4.79 Å². The van der Waals surface area contributed by atoms with Gasteiger partial charge in [0.05, 0.1) is 12.2 Å². The van der Waals surface area contributed by atoms with Gasteiger partial charge in [0, 0.05) is 16.7 Å². The molecule has 0 aliphatic rings. The van der Waals surface area contributed by atoms with E-state index < -0.39 is 5.97 Å². The molecule has 0 saturated carbocycles. The van der Waals surface area contributed by atoms with Crippen molar-refractivity contribution in [1.82, 2.24) is 0 Å². The molecular weight excluding hydrogens is 304 g/mol. The number of ether oxygens (including phenoxy) is 1. The van der Waals surface area contributed by atoms with Crippen LogP contribution in [0.5, 0.6) is 0 Å². The van der Waals surface area contributed by atoms with Crippen molar-refractivity contribution >= 4 is 33.5 Å². The summed E-state index contributed by atoms with van der Waals surface area (Å²) in [6.45, 7) is 0.520. The second-order valence-corrected chi connectivity index (χ2v) is 4.34. The molecule has 0 bridgehead atoms.